The van der Waals surface area contributed by atoms with Crippen LogP contribution in [0.3, 0.4) is 0 Å². The van der Waals surface area contributed by atoms with E-state index in [9.17, 15) is 4.79 Å². The van der Waals surface area contributed by atoms with E-state index in [-0.39, 0.29) is 11.9 Å². The van der Waals surface area contributed by atoms with Gasteiger partial charge in [0.05, 0.1) is 12.6 Å². The smallest absolute Gasteiger partial charge is 0.234 e. The minimum absolute atomic E-state index is 0.0359. The first-order chi connectivity index (χ1) is 9.60. The van der Waals surface area contributed by atoms with E-state index in [0.29, 0.717) is 12.6 Å². The molecule has 1 aliphatic rings. The summed E-state index contributed by atoms with van der Waals surface area (Å²) < 4.78 is 1.05. The molecular weight excluding hydrogens is 318 g/mol. The van der Waals surface area contributed by atoms with Crippen molar-refractivity contribution in [3.63, 3.8) is 0 Å². The Hall–Kier alpha value is -0.910. The minimum Gasteiger partial charge on any atom is -0.348 e. The Balaban J connectivity index is 1.85. The summed E-state index contributed by atoms with van der Waals surface area (Å²) in [4.78, 5) is 14.3. The highest BCUT2D eigenvalue weighted by Crippen LogP contribution is 2.16. The van der Waals surface area contributed by atoms with Crippen LogP contribution < -0.4 is 10.6 Å². The molecule has 1 saturated heterocycles. The van der Waals surface area contributed by atoms with Crippen molar-refractivity contribution >= 4 is 21.8 Å². The van der Waals surface area contributed by atoms with Gasteiger partial charge in [-0.1, -0.05) is 35.0 Å². The molecule has 4 nitrogen and oxygen atoms in total. The van der Waals surface area contributed by atoms with Gasteiger partial charge in [-0.25, -0.2) is 0 Å². The van der Waals surface area contributed by atoms with Crippen molar-refractivity contribution in [2.24, 2.45) is 0 Å². The Bertz CT molecular complexity index is 445. The maximum atomic E-state index is 12.1. The van der Waals surface area contributed by atoms with E-state index in [1.165, 1.54) is 0 Å². The molecule has 20 heavy (non-hydrogen) atoms. The van der Waals surface area contributed by atoms with Crippen molar-refractivity contribution in [2.45, 2.75) is 25.9 Å². The fraction of sp³-hybridized carbons (Fsp3) is 0.533. The summed E-state index contributed by atoms with van der Waals surface area (Å²) in [6, 6.07) is 8.60. The van der Waals surface area contributed by atoms with Gasteiger partial charge < -0.3 is 10.6 Å². The highest BCUT2D eigenvalue weighted by Gasteiger charge is 2.25. The van der Waals surface area contributed by atoms with Gasteiger partial charge in [0.1, 0.15) is 0 Å². The number of benzene rings is 1. The SMILES string of the molecule is CCN(CC(=O)NC(C)c1ccc(Br)cc1)C1CNC1. The molecular formula is C15H22BrN3O. The molecule has 0 bridgehead atoms. The fourth-order valence-corrected chi connectivity index (χ4v) is 2.60. The third kappa shape index (κ3) is 4.04. The lowest BCUT2D eigenvalue weighted by molar-refractivity contribution is -0.123. The number of nitrogens with one attached hydrogen (secondary N) is 2. The largest absolute Gasteiger partial charge is 0.348 e. The maximum Gasteiger partial charge on any atom is 0.234 e. The molecule has 1 fully saturated rings. The van der Waals surface area contributed by atoms with Crippen LogP contribution in [0, 0.1) is 0 Å². The monoisotopic (exact) mass is 339 g/mol. The number of carbonyl (C=O) groups excluding carboxylic acids is 1. The summed E-state index contributed by atoms with van der Waals surface area (Å²) in [7, 11) is 0. The molecule has 0 aromatic heterocycles. The molecule has 0 aliphatic carbocycles. The molecule has 1 aromatic rings. The zero-order valence-electron chi connectivity index (χ0n) is 12.0. The second-order valence-corrected chi connectivity index (χ2v) is 6.13. The molecule has 1 unspecified atom stereocenters. The highest BCUT2D eigenvalue weighted by atomic mass is 79.9. The Morgan fingerprint density at radius 1 is 1.45 bits per heavy atom. The number of hydrogen-bond acceptors (Lipinski definition) is 3. The summed E-state index contributed by atoms with van der Waals surface area (Å²) in [6.07, 6.45) is 0. The van der Waals surface area contributed by atoms with Crippen molar-refractivity contribution in [1.82, 2.24) is 15.5 Å². The summed E-state index contributed by atoms with van der Waals surface area (Å²) in [5.41, 5.74) is 1.12. The van der Waals surface area contributed by atoms with Crippen LogP contribution in [-0.4, -0.2) is 43.0 Å². The molecule has 0 saturated carbocycles. The first-order valence-corrected chi connectivity index (χ1v) is 7.89. The number of amides is 1. The first kappa shape index (κ1) is 15.5. The molecule has 1 amide bonds. The number of carbonyl (C=O) groups is 1. The van der Waals surface area contributed by atoms with Crippen LogP contribution in [0.1, 0.15) is 25.5 Å². The molecule has 1 heterocycles. The highest BCUT2D eigenvalue weighted by molar-refractivity contribution is 9.10. The quantitative estimate of drug-likeness (QED) is 0.832. The molecule has 0 radical (unpaired) electrons. The average Bonchev–Trinajstić information content (AvgIpc) is 2.36. The number of likely N-dealkylation sites (N-methyl/N-ethyl adjacent to an activating group) is 1. The van der Waals surface area contributed by atoms with Crippen LogP contribution in [0.2, 0.25) is 0 Å². The van der Waals surface area contributed by atoms with Gasteiger partial charge in [-0.15, -0.1) is 0 Å². The molecule has 5 heteroatoms. The van der Waals surface area contributed by atoms with E-state index in [1.807, 2.05) is 31.2 Å². The van der Waals surface area contributed by atoms with Gasteiger partial charge >= 0.3 is 0 Å². The lowest BCUT2D eigenvalue weighted by atomic mass is 10.1. The Labute approximate surface area is 129 Å². The Morgan fingerprint density at radius 3 is 2.60 bits per heavy atom. The van der Waals surface area contributed by atoms with E-state index in [2.05, 4.69) is 38.4 Å². The van der Waals surface area contributed by atoms with Crippen molar-refractivity contribution in [3.8, 4) is 0 Å². The summed E-state index contributed by atoms with van der Waals surface area (Å²) in [5.74, 6) is 0.0918. The van der Waals surface area contributed by atoms with E-state index >= 15 is 0 Å². The van der Waals surface area contributed by atoms with Crippen LogP contribution in [0.25, 0.3) is 0 Å². The average molecular weight is 340 g/mol. The fourth-order valence-electron chi connectivity index (χ4n) is 2.34. The van der Waals surface area contributed by atoms with E-state index in [0.717, 1.165) is 29.7 Å². The Morgan fingerprint density at radius 2 is 2.10 bits per heavy atom. The van der Waals surface area contributed by atoms with Gasteiger partial charge in [0.2, 0.25) is 5.91 Å². The van der Waals surface area contributed by atoms with E-state index < -0.39 is 0 Å². The summed E-state index contributed by atoms with van der Waals surface area (Å²) >= 11 is 3.42. The lowest BCUT2D eigenvalue weighted by Gasteiger charge is -2.37. The molecule has 110 valence electrons. The van der Waals surface area contributed by atoms with Gasteiger partial charge in [-0.05, 0) is 31.2 Å². The predicted octanol–water partition coefficient (Wildman–Crippen LogP) is 1.92. The van der Waals surface area contributed by atoms with Crippen LogP contribution in [0.5, 0.6) is 0 Å². The Kier molecular flexibility index (Phi) is 5.57. The number of nitrogens with zero attached hydrogens (tertiary/aromatic N) is 1. The van der Waals surface area contributed by atoms with Gasteiger partial charge in [-0.3, -0.25) is 9.69 Å². The van der Waals surface area contributed by atoms with Crippen molar-refractivity contribution < 1.29 is 4.79 Å². The number of rotatable bonds is 6. The predicted molar refractivity (Wildman–Crippen MR) is 84.6 cm³/mol. The number of hydrogen-bond donors (Lipinski definition) is 2. The van der Waals surface area contributed by atoms with Crippen LogP contribution in [0.4, 0.5) is 0 Å². The lowest BCUT2D eigenvalue weighted by Crippen LogP contribution is -2.58. The third-order valence-electron chi connectivity index (χ3n) is 3.78. The van der Waals surface area contributed by atoms with Gasteiger partial charge in [0.25, 0.3) is 0 Å². The third-order valence-corrected chi connectivity index (χ3v) is 4.31. The molecule has 1 atom stereocenters. The molecule has 1 aliphatic heterocycles. The summed E-state index contributed by atoms with van der Waals surface area (Å²) in [5, 5.41) is 6.31. The van der Waals surface area contributed by atoms with Crippen molar-refractivity contribution in [3.05, 3.63) is 34.3 Å². The van der Waals surface area contributed by atoms with Gasteiger partial charge in [0, 0.05) is 23.6 Å². The first-order valence-electron chi connectivity index (χ1n) is 7.09. The normalized spacial score (nSPS) is 16.8. The maximum absolute atomic E-state index is 12.1. The summed E-state index contributed by atoms with van der Waals surface area (Å²) in [6.45, 7) is 7.48. The molecule has 1 aromatic carbocycles. The van der Waals surface area contributed by atoms with Gasteiger partial charge in [0.15, 0.2) is 0 Å². The zero-order valence-corrected chi connectivity index (χ0v) is 13.6. The van der Waals surface area contributed by atoms with Crippen LogP contribution in [0.15, 0.2) is 28.7 Å². The molecule has 2 rings (SSSR count). The van der Waals surface area contributed by atoms with Gasteiger partial charge in [-0.2, -0.15) is 0 Å². The molecule has 0 spiro atoms. The standard InChI is InChI=1S/C15H22BrN3O/c1-3-19(14-8-17-9-14)10-15(20)18-11(2)12-4-6-13(16)7-5-12/h4-7,11,14,17H,3,8-10H2,1-2H3,(H,18,20). The minimum atomic E-state index is 0.0359. The second-order valence-electron chi connectivity index (χ2n) is 5.22. The van der Waals surface area contributed by atoms with Crippen LogP contribution >= 0.6 is 15.9 Å². The number of halogens is 1. The van der Waals surface area contributed by atoms with Crippen LogP contribution in [-0.2, 0) is 4.79 Å². The van der Waals surface area contributed by atoms with Crippen molar-refractivity contribution in [2.75, 3.05) is 26.2 Å². The molecule has 2 N–H and O–H groups in total. The van der Waals surface area contributed by atoms with E-state index in [4.69, 9.17) is 0 Å². The van der Waals surface area contributed by atoms with E-state index in [1.54, 1.807) is 0 Å². The van der Waals surface area contributed by atoms with Crippen molar-refractivity contribution in [1.29, 1.82) is 0 Å². The topological polar surface area (TPSA) is 44.4 Å². The zero-order chi connectivity index (χ0) is 14.5. The second kappa shape index (κ2) is 7.20.